The number of primary sulfonamides is 1. The van der Waals surface area contributed by atoms with Crippen LogP contribution in [0.1, 0.15) is 6.42 Å². The van der Waals surface area contributed by atoms with E-state index in [1.165, 1.54) is 23.4 Å². The predicted octanol–water partition coefficient (Wildman–Crippen LogP) is 0.129. The second kappa shape index (κ2) is 4.25. The lowest BCUT2D eigenvalue weighted by Gasteiger charge is -2.16. The van der Waals surface area contributed by atoms with E-state index in [-0.39, 0.29) is 18.9 Å². The summed E-state index contributed by atoms with van der Waals surface area (Å²) in [6, 6.07) is 1.54. The summed E-state index contributed by atoms with van der Waals surface area (Å²) in [4.78, 5) is 16.9. The maximum absolute atomic E-state index is 11.7. The number of hydrogen-bond donors (Lipinski definition) is 1. The van der Waals surface area contributed by atoms with Crippen LogP contribution in [0.2, 0.25) is 5.02 Å². The lowest BCUT2D eigenvalue weighted by atomic mass is 10.4. The normalized spacial score (nSPS) is 20.9. The molecule has 17 heavy (non-hydrogen) atoms. The van der Waals surface area contributed by atoms with Gasteiger partial charge in [-0.05, 0) is 6.07 Å². The minimum Gasteiger partial charge on any atom is -0.308 e. The molecule has 8 heteroatoms. The van der Waals surface area contributed by atoms with E-state index in [2.05, 4.69) is 4.98 Å². The Hall–Kier alpha value is -1.18. The van der Waals surface area contributed by atoms with Crippen LogP contribution in [-0.4, -0.2) is 31.1 Å². The van der Waals surface area contributed by atoms with Gasteiger partial charge in [0.05, 0.1) is 16.9 Å². The van der Waals surface area contributed by atoms with Crippen LogP contribution in [0, 0.1) is 0 Å². The molecule has 0 spiro atoms. The molecule has 0 radical (unpaired) electrons. The topological polar surface area (TPSA) is 93.4 Å². The number of carbonyl (C=O) groups is 1. The summed E-state index contributed by atoms with van der Waals surface area (Å²) in [5.41, 5.74) is 0.408. The third-order valence-electron chi connectivity index (χ3n) is 2.59. The molecule has 2 heterocycles. The van der Waals surface area contributed by atoms with Crippen molar-refractivity contribution in [3.8, 4) is 0 Å². The summed E-state index contributed by atoms with van der Waals surface area (Å²) >= 11 is 5.92. The first kappa shape index (κ1) is 12.3. The molecule has 6 nitrogen and oxygen atoms in total. The molecule has 2 rings (SSSR count). The van der Waals surface area contributed by atoms with Crippen molar-refractivity contribution in [1.29, 1.82) is 0 Å². The Balaban J connectivity index is 2.31. The summed E-state index contributed by atoms with van der Waals surface area (Å²) in [7, 11) is -3.72. The monoisotopic (exact) mass is 275 g/mol. The summed E-state index contributed by atoms with van der Waals surface area (Å²) in [6.07, 6.45) is 2.79. The van der Waals surface area contributed by atoms with Crippen LogP contribution < -0.4 is 10.0 Å². The lowest BCUT2D eigenvalue weighted by molar-refractivity contribution is -0.117. The molecule has 1 unspecified atom stereocenters. The maximum Gasteiger partial charge on any atom is 0.228 e. The molecule has 1 fully saturated rings. The van der Waals surface area contributed by atoms with Crippen molar-refractivity contribution in [2.24, 2.45) is 5.14 Å². The molecule has 1 saturated heterocycles. The van der Waals surface area contributed by atoms with Crippen LogP contribution in [0.15, 0.2) is 18.5 Å². The van der Waals surface area contributed by atoms with Gasteiger partial charge in [-0.15, -0.1) is 0 Å². The van der Waals surface area contributed by atoms with Gasteiger partial charge in [0.15, 0.2) is 0 Å². The van der Waals surface area contributed by atoms with Gasteiger partial charge in [-0.25, -0.2) is 13.6 Å². The van der Waals surface area contributed by atoms with Gasteiger partial charge in [-0.2, -0.15) is 0 Å². The van der Waals surface area contributed by atoms with Crippen molar-refractivity contribution in [2.75, 3.05) is 11.4 Å². The number of anilines is 1. The van der Waals surface area contributed by atoms with E-state index in [0.717, 1.165) is 0 Å². The molecule has 0 aliphatic carbocycles. The van der Waals surface area contributed by atoms with Crippen molar-refractivity contribution in [3.05, 3.63) is 23.5 Å². The highest BCUT2D eigenvalue weighted by Gasteiger charge is 2.37. The highest BCUT2D eigenvalue weighted by molar-refractivity contribution is 7.89. The Bertz CT molecular complexity index is 560. The first-order valence-electron chi connectivity index (χ1n) is 4.81. The number of nitrogens with zero attached hydrogens (tertiary/aromatic N) is 2. The molecule has 0 saturated carbocycles. The summed E-state index contributed by atoms with van der Waals surface area (Å²) in [5.74, 6) is -0.320. The quantitative estimate of drug-likeness (QED) is 0.830. The molecule has 0 bridgehead atoms. The number of rotatable bonds is 2. The number of sulfonamides is 1. The zero-order valence-electron chi connectivity index (χ0n) is 8.71. The molecule has 2 N–H and O–H groups in total. The minimum absolute atomic E-state index is 0.0169. The lowest BCUT2D eigenvalue weighted by Crippen LogP contribution is -2.32. The molecule has 0 aromatic carbocycles. The molecule has 1 aromatic rings. The maximum atomic E-state index is 11.7. The van der Waals surface area contributed by atoms with Crippen LogP contribution in [0.25, 0.3) is 0 Å². The van der Waals surface area contributed by atoms with Crippen LogP contribution in [-0.2, 0) is 14.8 Å². The van der Waals surface area contributed by atoms with Crippen molar-refractivity contribution < 1.29 is 13.2 Å². The minimum atomic E-state index is -3.72. The van der Waals surface area contributed by atoms with Gasteiger partial charge in [-0.1, -0.05) is 11.6 Å². The van der Waals surface area contributed by atoms with Crippen molar-refractivity contribution >= 4 is 33.2 Å². The van der Waals surface area contributed by atoms with E-state index in [1.807, 2.05) is 0 Å². The molecular weight excluding hydrogens is 266 g/mol. The second-order valence-corrected chi connectivity index (χ2v) is 6.00. The summed E-state index contributed by atoms with van der Waals surface area (Å²) in [5, 5.41) is 4.49. The van der Waals surface area contributed by atoms with Crippen LogP contribution in [0.5, 0.6) is 0 Å². The van der Waals surface area contributed by atoms with E-state index in [0.29, 0.717) is 10.7 Å². The smallest absolute Gasteiger partial charge is 0.228 e. The highest BCUT2D eigenvalue weighted by Crippen LogP contribution is 2.29. The molecular formula is C9H10ClN3O3S. The molecule has 92 valence electrons. The van der Waals surface area contributed by atoms with Gasteiger partial charge in [0.2, 0.25) is 15.9 Å². The Morgan fingerprint density at radius 3 is 2.76 bits per heavy atom. The van der Waals surface area contributed by atoms with Crippen molar-refractivity contribution in [3.63, 3.8) is 0 Å². The fourth-order valence-electron chi connectivity index (χ4n) is 1.70. The number of hydrogen-bond acceptors (Lipinski definition) is 4. The zero-order valence-corrected chi connectivity index (χ0v) is 10.3. The third kappa shape index (κ3) is 2.41. The Labute approximate surface area is 103 Å². The number of aromatic nitrogens is 1. The molecule has 1 aliphatic rings. The molecule has 1 amide bonds. The average molecular weight is 276 g/mol. The van der Waals surface area contributed by atoms with E-state index in [9.17, 15) is 13.2 Å². The van der Waals surface area contributed by atoms with E-state index < -0.39 is 15.3 Å². The average Bonchev–Trinajstić information content (AvgIpc) is 2.61. The Morgan fingerprint density at radius 1 is 1.53 bits per heavy atom. The molecule has 1 aliphatic heterocycles. The van der Waals surface area contributed by atoms with Gasteiger partial charge < -0.3 is 4.90 Å². The van der Waals surface area contributed by atoms with Gasteiger partial charge in [0.1, 0.15) is 5.25 Å². The third-order valence-corrected chi connectivity index (χ3v) is 4.16. The SMILES string of the molecule is NS(=O)(=O)C1CC(=O)N(c2cnccc2Cl)C1. The molecule has 1 aromatic heterocycles. The Kier molecular flexibility index (Phi) is 3.07. The Morgan fingerprint density at radius 2 is 2.24 bits per heavy atom. The summed E-state index contributed by atoms with van der Waals surface area (Å²) < 4.78 is 22.4. The van der Waals surface area contributed by atoms with Gasteiger partial charge in [0.25, 0.3) is 0 Å². The predicted molar refractivity (Wildman–Crippen MR) is 63.1 cm³/mol. The van der Waals surface area contributed by atoms with Crippen molar-refractivity contribution in [2.45, 2.75) is 11.7 Å². The number of carbonyl (C=O) groups excluding carboxylic acids is 1. The standard InChI is InChI=1S/C9H10ClN3O3S/c10-7-1-2-12-4-8(7)13-5-6(3-9(13)14)17(11,15)16/h1-2,4,6H,3,5H2,(H2,11,15,16). The largest absolute Gasteiger partial charge is 0.308 e. The first-order valence-corrected chi connectivity index (χ1v) is 6.80. The van der Waals surface area contributed by atoms with E-state index in [1.54, 1.807) is 0 Å². The van der Waals surface area contributed by atoms with E-state index in [4.69, 9.17) is 16.7 Å². The van der Waals surface area contributed by atoms with Crippen LogP contribution >= 0.6 is 11.6 Å². The fraction of sp³-hybridized carbons (Fsp3) is 0.333. The summed E-state index contributed by atoms with van der Waals surface area (Å²) in [6.45, 7) is 0.0169. The van der Waals surface area contributed by atoms with Gasteiger partial charge >= 0.3 is 0 Å². The van der Waals surface area contributed by atoms with Gasteiger partial charge in [-0.3, -0.25) is 9.78 Å². The number of pyridine rings is 1. The van der Waals surface area contributed by atoms with Gasteiger partial charge in [0, 0.05) is 19.2 Å². The van der Waals surface area contributed by atoms with E-state index >= 15 is 0 Å². The number of nitrogens with two attached hydrogens (primary N) is 1. The molecule has 1 atom stereocenters. The fourth-order valence-corrected chi connectivity index (χ4v) is 2.63. The second-order valence-electron chi connectivity index (χ2n) is 3.75. The number of amides is 1. The van der Waals surface area contributed by atoms with Crippen molar-refractivity contribution in [1.82, 2.24) is 4.98 Å². The van der Waals surface area contributed by atoms with Crippen LogP contribution in [0.4, 0.5) is 5.69 Å². The first-order chi connectivity index (χ1) is 7.89. The van der Waals surface area contributed by atoms with Crippen LogP contribution in [0.3, 0.4) is 0 Å². The highest BCUT2D eigenvalue weighted by atomic mass is 35.5. The number of halogens is 1. The zero-order chi connectivity index (χ0) is 12.6.